The van der Waals surface area contributed by atoms with Crippen molar-refractivity contribution in [2.45, 2.75) is 52.6 Å². The molecule has 0 radical (unpaired) electrons. The lowest BCUT2D eigenvalue weighted by molar-refractivity contribution is -0.138. The number of benzene rings is 1. The maximum Gasteiger partial charge on any atom is 0.250 e. The fourth-order valence-electron chi connectivity index (χ4n) is 4.57. The maximum atomic E-state index is 11.9. The zero-order chi connectivity index (χ0) is 22.6. The molecular formula is C23H37N3O5. The van der Waals surface area contributed by atoms with E-state index in [9.17, 15) is 4.79 Å². The van der Waals surface area contributed by atoms with Crippen LogP contribution in [-0.4, -0.2) is 74.5 Å². The van der Waals surface area contributed by atoms with Crippen LogP contribution in [0.1, 0.15) is 42.0 Å². The van der Waals surface area contributed by atoms with E-state index < -0.39 is 0 Å². The topological polar surface area (TPSA) is 86.5 Å². The maximum absolute atomic E-state index is 11.9. The van der Waals surface area contributed by atoms with Crippen molar-refractivity contribution in [3.63, 3.8) is 0 Å². The Kier molecular flexibility index (Phi) is 7.80. The summed E-state index contributed by atoms with van der Waals surface area (Å²) in [5.41, 5.74) is 4.46. The number of amides is 1. The Labute approximate surface area is 185 Å². The van der Waals surface area contributed by atoms with E-state index in [4.69, 9.17) is 20.1 Å². The molecule has 1 saturated heterocycles. The van der Waals surface area contributed by atoms with Crippen LogP contribution in [0.5, 0.6) is 11.5 Å². The number of methoxy groups -OCH3 is 1. The van der Waals surface area contributed by atoms with Crippen LogP contribution in [0, 0.1) is 20.8 Å². The van der Waals surface area contributed by atoms with Crippen molar-refractivity contribution in [2.24, 2.45) is 5.90 Å². The van der Waals surface area contributed by atoms with Gasteiger partial charge in [-0.25, -0.2) is 5.90 Å². The van der Waals surface area contributed by atoms with Gasteiger partial charge in [0.25, 0.3) is 5.91 Å². The van der Waals surface area contributed by atoms with E-state index in [0.717, 1.165) is 67.1 Å². The summed E-state index contributed by atoms with van der Waals surface area (Å²) in [4.78, 5) is 20.6. The lowest BCUT2D eigenvalue weighted by atomic mass is 9.85. The smallest absolute Gasteiger partial charge is 0.250 e. The average molecular weight is 436 g/mol. The molecule has 1 unspecified atom stereocenters. The Bertz CT molecular complexity index is 792. The van der Waals surface area contributed by atoms with Crippen molar-refractivity contribution < 1.29 is 23.8 Å². The van der Waals surface area contributed by atoms with Crippen LogP contribution in [-0.2, 0) is 20.8 Å². The summed E-state index contributed by atoms with van der Waals surface area (Å²) in [7, 11) is 1.64. The van der Waals surface area contributed by atoms with Gasteiger partial charge in [0.15, 0.2) is 6.79 Å². The van der Waals surface area contributed by atoms with Crippen molar-refractivity contribution in [3.8, 4) is 11.5 Å². The lowest BCUT2D eigenvalue weighted by Gasteiger charge is -2.40. The molecule has 0 spiro atoms. The number of hydrogen-bond donors (Lipinski definition) is 1. The Morgan fingerprint density at radius 1 is 1.13 bits per heavy atom. The second-order valence-electron chi connectivity index (χ2n) is 8.90. The highest BCUT2D eigenvalue weighted by Crippen LogP contribution is 2.44. The number of nitrogens with zero attached hydrogens (tertiary/aromatic N) is 2. The van der Waals surface area contributed by atoms with Gasteiger partial charge < -0.3 is 19.1 Å². The van der Waals surface area contributed by atoms with E-state index in [1.807, 2.05) is 4.90 Å². The van der Waals surface area contributed by atoms with E-state index in [1.54, 1.807) is 7.11 Å². The van der Waals surface area contributed by atoms with Crippen LogP contribution in [0.15, 0.2) is 0 Å². The second-order valence-corrected chi connectivity index (χ2v) is 8.90. The molecule has 2 N–H and O–H groups in total. The van der Waals surface area contributed by atoms with Crippen LogP contribution in [0.25, 0.3) is 0 Å². The molecule has 31 heavy (non-hydrogen) atoms. The van der Waals surface area contributed by atoms with Crippen molar-refractivity contribution in [1.29, 1.82) is 0 Å². The molecule has 3 rings (SSSR count). The number of fused-ring (bicyclic) bond motifs is 1. The molecule has 1 aromatic carbocycles. The van der Waals surface area contributed by atoms with Crippen LogP contribution < -0.4 is 15.4 Å². The number of ether oxygens (including phenoxy) is 3. The number of rotatable bonds is 8. The highest BCUT2D eigenvalue weighted by molar-refractivity contribution is 5.77. The molecule has 2 aliphatic heterocycles. The molecule has 2 heterocycles. The first-order chi connectivity index (χ1) is 14.8. The van der Waals surface area contributed by atoms with Crippen molar-refractivity contribution in [1.82, 2.24) is 9.80 Å². The first-order valence-corrected chi connectivity index (χ1v) is 11.0. The van der Waals surface area contributed by atoms with Gasteiger partial charge in [0.2, 0.25) is 0 Å². The largest absolute Gasteiger partial charge is 0.487 e. The van der Waals surface area contributed by atoms with E-state index >= 15 is 0 Å². The van der Waals surface area contributed by atoms with Crippen molar-refractivity contribution in [3.05, 3.63) is 22.3 Å². The summed E-state index contributed by atoms with van der Waals surface area (Å²) in [5, 5.41) is 0. The minimum Gasteiger partial charge on any atom is -0.487 e. The third-order valence-corrected chi connectivity index (χ3v) is 6.77. The predicted molar refractivity (Wildman–Crippen MR) is 118 cm³/mol. The van der Waals surface area contributed by atoms with Gasteiger partial charge in [-0.05, 0) is 63.6 Å². The summed E-state index contributed by atoms with van der Waals surface area (Å²) >= 11 is 0. The molecular weight excluding hydrogens is 398 g/mol. The third-order valence-electron chi connectivity index (χ3n) is 6.77. The van der Waals surface area contributed by atoms with Crippen LogP contribution in [0.4, 0.5) is 0 Å². The number of nitrogens with two attached hydrogens (primary N) is 1. The third kappa shape index (κ3) is 5.31. The Morgan fingerprint density at radius 3 is 2.48 bits per heavy atom. The van der Waals surface area contributed by atoms with Gasteiger partial charge in [0, 0.05) is 45.4 Å². The van der Waals surface area contributed by atoms with Gasteiger partial charge in [-0.2, -0.15) is 0 Å². The summed E-state index contributed by atoms with van der Waals surface area (Å²) < 4.78 is 17.6. The lowest BCUT2D eigenvalue weighted by Crippen LogP contribution is -2.51. The molecule has 0 bridgehead atoms. The predicted octanol–water partition coefficient (Wildman–Crippen LogP) is 2.10. The molecule has 1 amide bonds. The summed E-state index contributed by atoms with van der Waals surface area (Å²) in [5.74, 6) is 6.91. The normalized spacial score (nSPS) is 21.5. The van der Waals surface area contributed by atoms with E-state index in [0.29, 0.717) is 13.1 Å². The quantitative estimate of drug-likeness (QED) is 0.494. The van der Waals surface area contributed by atoms with E-state index in [2.05, 4.69) is 37.4 Å². The molecule has 1 atom stereocenters. The summed E-state index contributed by atoms with van der Waals surface area (Å²) in [6, 6.07) is 0. The monoisotopic (exact) mass is 435 g/mol. The average Bonchev–Trinajstić information content (AvgIpc) is 2.77. The number of piperazine rings is 1. The zero-order valence-electron chi connectivity index (χ0n) is 19.6. The standard InChI is InChI=1S/C23H37N3O5/c1-16-17(2)22-19(18(3)21(16)29-15-28-5)6-7-23(4,31-22)8-9-25-10-12-26(13-11-25)20(27)14-30-24/h6-15,24H2,1-5H3. The molecule has 1 fully saturated rings. The van der Waals surface area contributed by atoms with Gasteiger partial charge in [0.1, 0.15) is 23.7 Å². The Hall–Kier alpha value is -1.87. The van der Waals surface area contributed by atoms with Gasteiger partial charge in [-0.3, -0.25) is 14.5 Å². The first kappa shape index (κ1) is 23.8. The van der Waals surface area contributed by atoms with Crippen molar-refractivity contribution in [2.75, 3.05) is 53.2 Å². The summed E-state index contributed by atoms with van der Waals surface area (Å²) in [6.45, 7) is 12.8. The van der Waals surface area contributed by atoms with E-state index in [-0.39, 0.29) is 24.9 Å². The minimum atomic E-state index is -0.202. The van der Waals surface area contributed by atoms with Gasteiger partial charge in [0.05, 0.1) is 0 Å². The van der Waals surface area contributed by atoms with Gasteiger partial charge >= 0.3 is 0 Å². The molecule has 2 aliphatic rings. The SMILES string of the molecule is COCOc1c(C)c(C)c2c(c1C)CCC(C)(CCN1CCN(C(=O)CON)CC1)O2. The molecule has 0 aliphatic carbocycles. The highest BCUT2D eigenvalue weighted by atomic mass is 16.7. The second kappa shape index (κ2) is 10.2. The summed E-state index contributed by atoms with van der Waals surface area (Å²) in [6.07, 6.45) is 2.90. The Morgan fingerprint density at radius 2 is 1.84 bits per heavy atom. The van der Waals surface area contributed by atoms with Crippen LogP contribution in [0.3, 0.4) is 0 Å². The first-order valence-electron chi connectivity index (χ1n) is 11.0. The minimum absolute atomic E-state index is 0.0450. The highest BCUT2D eigenvalue weighted by Gasteiger charge is 2.35. The molecule has 8 nitrogen and oxygen atoms in total. The fourth-order valence-corrected chi connectivity index (χ4v) is 4.57. The van der Waals surface area contributed by atoms with Crippen molar-refractivity contribution >= 4 is 5.91 Å². The van der Waals surface area contributed by atoms with E-state index in [1.165, 1.54) is 5.56 Å². The number of carbonyl (C=O) groups excluding carboxylic acids is 1. The Balaban J connectivity index is 1.62. The molecule has 174 valence electrons. The number of hydrogen-bond acceptors (Lipinski definition) is 7. The van der Waals surface area contributed by atoms with Crippen LogP contribution in [0.2, 0.25) is 0 Å². The van der Waals surface area contributed by atoms with Gasteiger partial charge in [-0.15, -0.1) is 0 Å². The zero-order valence-corrected chi connectivity index (χ0v) is 19.6. The van der Waals surface area contributed by atoms with Crippen LogP contribution >= 0.6 is 0 Å². The number of carbonyl (C=O) groups is 1. The molecule has 0 saturated carbocycles. The fraction of sp³-hybridized carbons (Fsp3) is 0.696. The molecule has 1 aromatic rings. The molecule has 0 aromatic heterocycles. The molecule has 8 heteroatoms. The van der Waals surface area contributed by atoms with Gasteiger partial charge in [-0.1, -0.05) is 0 Å².